The summed E-state index contributed by atoms with van der Waals surface area (Å²) in [5.74, 6) is 0.711. The van der Waals surface area contributed by atoms with Crippen LogP contribution in [0, 0.1) is 6.92 Å². The summed E-state index contributed by atoms with van der Waals surface area (Å²) in [6, 6.07) is 19.1. The number of ketones is 1. The first-order valence-electron chi connectivity index (χ1n) is 17.0. The average molecular weight is 723 g/mol. The van der Waals surface area contributed by atoms with Gasteiger partial charge in [0.05, 0.1) is 11.1 Å². The predicted molar refractivity (Wildman–Crippen MR) is 193 cm³/mol. The second kappa shape index (κ2) is 18.3. The molecule has 0 spiro atoms. The van der Waals surface area contributed by atoms with E-state index in [4.69, 9.17) is 34.4 Å². The summed E-state index contributed by atoms with van der Waals surface area (Å²) >= 11 is 0. The second-order valence-corrected chi connectivity index (χ2v) is 12.6. The number of nitrogens with zero attached hydrogens (tertiary/aromatic N) is 1. The molecule has 1 aromatic heterocycles. The lowest BCUT2D eigenvalue weighted by molar-refractivity contribution is -0.193. The number of rotatable bonds is 12. The molecule has 13 nitrogen and oxygen atoms in total. The van der Waals surface area contributed by atoms with Crippen LogP contribution in [0.5, 0.6) is 17.2 Å². The number of hydrogen-bond donors (Lipinski definition) is 4. The van der Waals surface area contributed by atoms with E-state index in [1.54, 1.807) is 19.1 Å². The van der Waals surface area contributed by atoms with Crippen LogP contribution in [0.4, 0.5) is 0 Å². The third kappa shape index (κ3) is 8.98. The summed E-state index contributed by atoms with van der Waals surface area (Å²) in [6.07, 6.45) is 6.82. The Bertz CT molecular complexity index is 2060. The molecule has 2 aliphatic heterocycles. The van der Waals surface area contributed by atoms with Gasteiger partial charge in [0.1, 0.15) is 23.9 Å². The summed E-state index contributed by atoms with van der Waals surface area (Å²) in [4.78, 5) is 64.4. The number of hydrogen-bond acceptors (Lipinski definition) is 11. The predicted octanol–water partition coefficient (Wildman–Crippen LogP) is 4.63. The van der Waals surface area contributed by atoms with Crippen LogP contribution in [-0.2, 0) is 42.5 Å². The van der Waals surface area contributed by atoms with Crippen molar-refractivity contribution < 1.29 is 43.3 Å². The van der Waals surface area contributed by atoms with Crippen LogP contribution in [0.15, 0.2) is 84.1 Å². The van der Waals surface area contributed by atoms with Gasteiger partial charge in [-0.25, -0.2) is 0 Å². The summed E-state index contributed by atoms with van der Waals surface area (Å²) in [7, 11) is 0. The van der Waals surface area contributed by atoms with Gasteiger partial charge in [0.15, 0.2) is 12.4 Å². The van der Waals surface area contributed by atoms with Crippen LogP contribution in [0.25, 0.3) is 10.9 Å². The number of carbonyl (C=O) groups is 2. The standard InChI is InChI=1S/C38H42N4O5.2CO2/c1-24-19-27(36(45)30-12-14-33(25(2)35(30)44)47-22-26-9-5-4-6-10-26)21-42-18-15-29-31-20-28(46-23-34(43)40-17-8-7-16-39)11-13-32(31)41-37(29)38(24,42)3;2*2-1-3/h4-6,9-14,19-21,41,44H,7-8,15-18,22-23,39H2,1-3H3,(H,40,43);;. The number of nitrogens with one attached hydrogen (secondary N) is 2. The third-order valence-corrected chi connectivity index (χ3v) is 9.42. The zero-order valence-electron chi connectivity index (χ0n) is 29.8. The fraction of sp³-hybridized carbons (Fsp3) is 0.300. The molecule has 4 aromatic rings. The van der Waals surface area contributed by atoms with E-state index in [1.807, 2.05) is 67.7 Å². The molecule has 5 N–H and O–H groups in total. The molecular weight excluding hydrogens is 680 g/mol. The molecule has 13 heteroatoms. The number of benzene rings is 3. The Labute approximate surface area is 306 Å². The molecular formula is C40H42N4O9. The van der Waals surface area contributed by atoms with Gasteiger partial charge in [0, 0.05) is 47.0 Å². The van der Waals surface area contributed by atoms with Gasteiger partial charge in [-0.3, -0.25) is 9.59 Å². The zero-order valence-corrected chi connectivity index (χ0v) is 29.8. The highest BCUT2D eigenvalue weighted by molar-refractivity contribution is 6.12. The number of aromatic amines is 1. The Kier molecular flexibility index (Phi) is 13.6. The quantitative estimate of drug-likeness (QED) is 0.118. The first-order chi connectivity index (χ1) is 25.5. The van der Waals surface area contributed by atoms with Gasteiger partial charge in [-0.2, -0.15) is 19.2 Å². The monoisotopic (exact) mass is 722 g/mol. The van der Waals surface area contributed by atoms with Crippen LogP contribution in [0.3, 0.4) is 0 Å². The molecule has 53 heavy (non-hydrogen) atoms. The Morgan fingerprint density at radius 2 is 1.72 bits per heavy atom. The molecule has 276 valence electrons. The fourth-order valence-electron chi connectivity index (χ4n) is 6.52. The van der Waals surface area contributed by atoms with Crippen LogP contribution in [0.2, 0.25) is 0 Å². The lowest BCUT2D eigenvalue weighted by atomic mass is 9.78. The molecule has 3 heterocycles. The number of amides is 1. The molecule has 0 radical (unpaired) electrons. The van der Waals surface area contributed by atoms with E-state index >= 15 is 0 Å². The van der Waals surface area contributed by atoms with Gasteiger partial charge in [-0.1, -0.05) is 30.3 Å². The average Bonchev–Trinajstić information content (AvgIpc) is 3.53. The lowest BCUT2D eigenvalue weighted by Gasteiger charge is -2.47. The normalized spacial score (nSPS) is 15.4. The van der Waals surface area contributed by atoms with Crippen molar-refractivity contribution in [1.82, 2.24) is 15.2 Å². The Hall–Kier alpha value is -6.26. The van der Waals surface area contributed by atoms with E-state index in [0.29, 0.717) is 48.9 Å². The molecule has 0 bridgehead atoms. The molecule has 1 unspecified atom stereocenters. The minimum Gasteiger partial charge on any atom is -0.507 e. The van der Waals surface area contributed by atoms with Gasteiger partial charge in [-0.15, -0.1) is 0 Å². The first-order valence-corrected chi connectivity index (χ1v) is 17.0. The van der Waals surface area contributed by atoms with E-state index in [9.17, 15) is 14.7 Å². The summed E-state index contributed by atoms with van der Waals surface area (Å²) in [6.45, 7) is 8.19. The van der Waals surface area contributed by atoms with Crippen molar-refractivity contribution in [2.24, 2.45) is 5.73 Å². The topological polar surface area (TPSA) is 198 Å². The molecule has 2 aliphatic rings. The number of phenolic OH excluding ortho intramolecular Hbond substituents is 1. The van der Waals surface area contributed by atoms with Crippen molar-refractivity contribution in [1.29, 1.82) is 0 Å². The number of aromatic hydroxyl groups is 1. The second-order valence-electron chi connectivity index (χ2n) is 12.6. The summed E-state index contributed by atoms with van der Waals surface area (Å²) in [5, 5.41) is 15.0. The number of fused-ring (bicyclic) bond motifs is 5. The van der Waals surface area contributed by atoms with Crippen molar-refractivity contribution in [3.8, 4) is 17.2 Å². The van der Waals surface area contributed by atoms with Crippen LogP contribution >= 0.6 is 0 Å². The van der Waals surface area contributed by atoms with E-state index in [-0.39, 0.29) is 41.9 Å². The lowest BCUT2D eigenvalue weighted by Crippen LogP contribution is -2.48. The Morgan fingerprint density at radius 1 is 1.00 bits per heavy atom. The molecule has 0 saturated heterocycles. The highest BCUT2D eigenvalue weighted by Crippen LogP contribution is 2.46. The van der Waals surface area contributed by atoms with Gasteiger partial charge < -0.3 is 35.5 Å². The summed E-state index contributed by atoms with van der Waals surface area (Å²) < 4.78 is 11.8. The maximum absolute atomic E-state index is 13.8. The smallest absolute Gasteiger partial charge is 0.373 e. The Balaban J connectivity index is 0.000000980. The number of H-pyrrole nitrogens is 1. The minimum absolute atomic E-state index is 0.0474. The highest BCUT2D eigenvalue weighted by atomic mass is 16.5. The van der Waals surface area contributed by atoms with Crippen molar-refractivity contribution in [2.75, 3.05) is 26.2 Å². The van der Waals surface area contributed by atoms with Crippen LogP contribution < -0.4 is 20.5 Å². The number of carbonyl (C=O) groups excluding carboxylic acids is 6. The molecule has 1 atom stereocenters. The molecule has 1 amide bonds. The number of ether oxygens (including phenoxy) is 2. The van der Waals surface area contributed by atoms with E-state index in [2.05, 4.69) is 22.1 Å². The van der Waals surface area contributed by atoms with Crippen molar-refractivity contribution in [3.05, 3.63) is 112 Å². The van der Waals surface area contributed by atoms with Gasteiger partial charge in [0.2, 0.25) is 0 Å². The Morgan fingerprint density at radius 3 is 2.42 bits per heavy atom. The fourth-order valence-corrected chi connectivity index (χ4v) is 6.52. The number of Topliss-reactive ketones (excluding diaryl/α,β-unsaturated/α-hetero) is 1. The van der Waals surface area contributed by atoms with Crippen molar-refractivity contribution in [3.63, 3.8) is 0 Å². The van der Waals surface area contributed by atoms with Crippen molar-refractivity contribution >= 4 is 34.9 Å². The third-order valence-electron chi connectivity index (χ3n) is 9.42. The molecule has 0 saturated carbocycles. The number of allylic oxidation sites excluding steroid dienone is 2. The molecule has 0 aliphatic carbocycles. The van der Waals surface area contributed by atoms with E-state index < -0.39 is 5.54 Å². The summed E-state index contributed by atoms with van der Waals surface area (Å²) in [5.41, 5.74) is 11.6. The first kappa shape index (κ1) is 39.5. The number of phenols is 1. The zero-order chi connectivity index (χ0) is 38.5. The molecule has 0 fully saturated rings. The van der Waals surface area contributed by atoms with Crippen LogP contribution in [0.1, 0.15) is 59.4 Å². The molecule has 6 rings (SSSR count). The SMILES string of the molecule is CC1=CC(C(=O)c2ccc(OCc3ccccc3)c(C)c2O)=CN2CCc3c([nH]c4ccc(OCC(=O)NCCCCN)cc34)C12C.O=C=O.O=C=O. The van der Waals surface area contributed by atoms with E-state index in [0.717, 1.165) is 47.0 Å². The maximum Gasteiger partial charge on any atom is 0.373 e. The molecule has 3 aromatic carbocycles. The number of unbranched alkanes of at least 4 members (excludes halogenated alkanes) is 1. The highest BCUT2D eigenvalue weighted by Gasteiger charge is 2.43. The van der Waals surface area contributed by atoms with E-state index in [1.165, 1.54) is 5.56 Å². The van der Waals surface area contributed by atoms with Gasteiger partial charge in [-0.05, 0) is 99.7 Å². The van der Waals surface area contributed by atoms with Gasteiger partial charge in [0.25, 0.3) is 5.91 Å². The van der Waals surface area contributed by atoms with Gasteiger partial charge >= 0.3 is 12.3 Å². The number of nitrogens with two attached hydrogens (primary N) is 1. The van der Waals surface area contributed by atoms with Crippen molar-refractivity contribution in [2.45, 2.75) is 52.2 Å². The van der Waals surface area contributed by atoms with Crippen LogP contribution in [-0.4, -0.2) is 65.2 Å². The minimum atomic E-state index is -0.492. The number of aromatic nitrogens is 1. The maximum atomic E-state index is 13.8. The largest absolute Gasteiger partial charge is 0.507 e.